The topological polar surface area (TPSA) is 88.8 Å². The second-order valence-electron chi connectivity index (χ2n) is 12.3. The van der Waals surface area contributed by atoms with E-state index in [9.17, 15) is 23.2 Å². The number of hydrogen-bond acceptors (Lipinski definition) is 8. The van der Waals surface area contributed by atoms with Crippen molar-refractivity contribution in [3.05, 3.63) is 65.4 Å². The van der Waals surface area contributed by atoms with Gasteiger partial charge in [0.25, 0.3) is 0 Å². The van der Waals surface area contributed by atoms with Crippen molar-refractivity contribution in [3.63, 3.8) is 0 Å². The first-order valence-electron chi connectivity index (χ1n) is 15.7. The summed E-state index contributed by atoms with van der Waals surface area (Å²) in [6.45, 7) is 5.54. The second-order valence-corrected chi connectivity index (χ2v) is 12.3. The van der Waals surface area contributed by atoms with E-state index < -0.39 is 18.1 Å². The molecule has 12 heteroatoms. The zero-order chi connectivity index (χ0) is 32.4. The van der Waals surface area contributed by atoms with Crippen LogP contribution in [-0.2, 0) is 17.8 Å². The van der Waals surface area contributed by atoms with Gasteiger partial charge < -0.3 is 19.4 Å². The van der Waals surface area contributed by atoms with Crippen LogP contribution in [0, 0.1) is 24.2 Å². The van der Waals surface area contributed by atoms with E-state index in [1.807, 2.05) is 54.3 Å². The number of rotatable bonds is 7. The molecule has 0 aliphatic carbocycles. The average molecular weight is 634 g/mol. The van der Waals surface area contributed by atoms with E-state index in [-0.39, 0.29) is 44.4 Å². The van der Waals surface area contributed by atoms with Crippen molar-refractivity contribution in [2.75, 3.05) is 62.7 Å². The average Bonchev–Trinajstić information content (AvgIpc) is 3.22. The molecule has 3 aliphatic rings. The van der Waals surface area contributed by atoms with Crippen LogP contribution in [0.4, 0.5) is 24.7 Å². The molecule has 3 aromatic rings. The van der Waals surface area contributed by atoms with Crippen LogP contribution in [0.3, 0.4) is 0 Å². The van der Waals surface area contributed by atoms with Crippen molar-refractivity contribution < 1.29 is 22.7 Å². The first-order valence-corrected chi connectivity index (χ1v) is 15.7. The fraction of sp³-hybridized carbons (Fsp3) is 0.471. The molecule has 2 atom stereocenters. The number of nitriles is 1. The molecular formula is C34H38F3N7O2. The van der Waals surface area contributed by atoms with Crippen molar-refractivity contribution in [2.24, 2.45) is 5.92 Å². The van der Waals surface area contributed by atoms with Crippen LogP contribution in [0.25, 0.3) is 10.8 Å². The lowest BCUT2D eigenvalue weighted by Crippen LogP contribution is -2.55. The summed E-state index contributed by atoms with van der Waals surface area (Å²) in [5.74, 6) is -1.47. The number of anilines is 2. The Balaban J connectivity index is 1.34. The molecule has 242 valence electrons. The number of halogens is 3. The number of benzene rings is 2. The fourth-order valence-corrected chi connectivity index (χ4v) is 6.76. The largest absolute Gasteiger partial charge is 0.467 e. The summed E-state index contributed by atoms with van der Waals surface area (Å²) in [5.41, 5.74) is 2.60. The smallest absolute Gasteiger partial charge is 0.393 e. The predicted molar refractivity (Wildman–Crippen MR) is 170 cm³/mol. The number of likely N-dealkylation sites (tertiary alicyclic amines) is 1. The lowest BCUT2D eigenvalue weighted by molar-refractivity contribution is -0.171. The number of amides is 1. The van der Waals surface area contributed by atoms with Crippen LogP contribution in [-0.4, -0.2) is 90.8 Å². The third-order valence-corrected chi connectivity index (χ3v) is 9.32. The van der Waals surface area contributed by atoms with E-state index in [0.29, 0.717) is 36.7 Å². The molecule has 9 nitrogen and oxygen atoms in total. The lowest BCUT2D eigenvalue weighted by atomic mass is 9.98. The zero-order valence-corrected chi connectivity index (χ0v) is 26.1. The van der Waals surface area contributed by atoms with Gasteiger partial charge in [0.2, 0.25) is 5.91 Å². The summed E-state index contributed by atoms with van der Waals surface area (Å²) >= 11 is 0. The Labute approximate surface area is 266 Å². The van der Waals surface area contributed by atoms with E-state index in [0.717, 1.165) is 41.5 Å². The number of aryl methyl sites for hydroxylation is 1. The minimum Gasteiger partial charge on any atom is -0.467 e. The Hall–Kier alpha value is -4.37. The van der Waals surface area contributed by atoms with Gasteiger partial charge in [0.1, 0.15) is 5.82 Å². The van der Waals surface area contributed by atoms with Crippen LogP contribution in [0.1, 0.15) is 29.7 Å². The van der Waals surface area contributed by atoms with Crippen LogP contribution in [0.15, 0.2) is 48.6 Å². The second kappa shape index (κ2) is 13.2. The third-order valence-electron chi connectivity index (χ3n) is 9.32. The monoisotopic (exact) mass is 633 g/mol. The highest BCUT2D eigenvalue weighted by Crippen LogP contribution is 2.40. The van der Waals surface area contributed by atoms with Gasteiger partial charge in [-0.25, -0.2) is 0 Å². The molecule has 0 saturated carbocycles. The van der Waals surface area contributed by atoms with E-state index in [4.69, 9.17) is 4.74 Å². The Bertz CT molecular complexity index is 1660. The Kier molecular flexibility index (Phi) is 9.04. The molecule has 2 aromatic carbocycles. The number of hydrogen-bond donors (Lipinski definition) is 0. The van der Waals surface area contributed by atoms with Gasteiger partial charge in [-0.2, -0.15) is 28.4 Å². The van der Waals surface area contributed by atoms with Crippen LogP contribution >= 0.6 is 0 Å². The number of nitrogens with zero attached hydrogens (tertiary/aromatic N) is 7. The molecule has 1 aromatic heterocycles. The maximum atomic E-state index is 14.7. The molecule has 0 radical (unpaired) electrons. The van der Waals surface area contributed by atoms with Gasteiger partial charge in [0.05, 0.1) is 43.8 Å². The van der Waals surface area contributed by atoms with Crippen molar-refractivity contribution in [2.45, 2.75) is 44.9 Å². The summed E-state index contributed by atoms with van der Waals surface area (Å²) in [7, 11) is 1.44. The standard InChI is InChI=1S/C34H38F3N7O2/c1-23-7-3-8-24-9-4-10-29(31(23)24)43-20-25(34(35,36)37)19-27-28(22-43)39-33(46-2)40-32(27)42-17-18-44(26(21-42)12-13-38)30(45)11-5-14-41-15-6-16-41/h3-5,7-11,25-26H,6,12,14-22H2,1-2H3/b11-5+/t25-,26-/m0/s1. The van der Waals surface area contributed by atoms with Gasteiger partial charge in [-0.1, -0.05) is 36.4 Å². The number of carbonyl (C=O) groups excluding carboxylic acids is 1. The summed E-state index contributed by atoms with van der Waals surface area (Å²) in [6.07, 6.45) is -0.0854. The first-order chi connectivity index (χ1) is 22.2. The van der Waals surface area contributed by atoms with E-state index >= 15 is 0 Å². The SMILES string of the molecule is COc1nc2c(c(N3CCN(C(=O)/C=C/CN4CCC4)[C@@H](CC#N)C3)n1)C[C@H](C(F)(F)F)CN(c1cccc3cccc(C)c13)C2. The highest BCUT2D eigenvalue weighted by atomic mass is 19.4. The number of ether oxygens (including phenoxy) is 1. The van der Waals surface area contributed by atoms with Crippen LogP contribution in [0.2, 0.25) is 0 Å². The molecule has 0 bridgehead atoms. The van der Waals surface area contributed by atoms with Gasteiger partial charge in [-0.3, -0.25) is 9.69 Å². The highest BCUT2D eigenvalue weighted by molar-refractivity contribution is 5.97. The first kappa shape index (κ1) is 31.6. The number of carbonyl (C=O) groups is 1. The van der Waals surface area contributed by atoms with Gasteiger partial charge in [-0.15, -0.1) is 0 Å². The minimum absolute atomic E-state index is 0.0672. The molecule has 4 heterocycles. The maximum absolute atomic E-state index is 14.7. The van der Waals surface area contributed by atoms with E-state index in [2.05, 4.69) is 20.9 Å². The quantitative estimate of drug-likeness (QED) is 0.341. The molecule has 3 aliphatic heterocycles. The summed E-state index contributed by atoms with van der Waals surface area (Å²) < 4.78 is 49.6. The lowest BCUT2D eigenvalue weighted by Gasteiger charge is -2.41. The van der Waals surface area contributed by atoms with Gasteiger partial charge in [-0.05, 0) is 49.9 Å². The number of piperazine rings is 1. The molecule has 6 rings (SSSR count). The van der Waals surface area contributed by atoms with E-state index in [1.54, 1.807) is 15.9 Å². The van der Waals surface area contributed by atoms with E-state index in [1.165, 1.54) is 7.11 Å². The molecule has 2 fully saturated rings. The molecule has 0 spiro atoms. The van der Waals surface area contributed by atoms with Crippen molar-refractivity contribution >= 4 is 28.2 Å². The molecule has 0 N–H and O–H groups in total. The third kappa shape index (κ3) is 6.47. The van der Waals surface area contributed by atoms with Gasteiger partial charge in [0, 0.05) is 55.4 Å². The Morgan fingerprint density at radius 2 is 1.87 bits per heavy atom. The maximum Gasteiger partial charge on any atom is 0.393 e. The van der Waals surface area contributed by atoms with Gasteiger partial charge >= 0.3 is 12.2 Å². The molecular weight excluding hydrogens is 595 g/mol. The van der Waals surface area contributed by atoms with Crippen molar-refractivity contribution in [3.8, 4) is 12.1 Å². The number of fused-ring (bicyclic) bond motifs is 2. The summed E-state index contributed by atoms with van der Waals surface area (Å²) in [5, 5.41) is 11.5. The zero-order valence-electron chi connectivity index (χ0n) is 26.1. The highest BCUT2D eigenvalue weighted by Gasteiger charge is 2.44. The van der Waals surface area contributed by atoms with Crippen molar-refractivity contribution in [1.82, 2.24) is 19.8 Å². The Morgan fingerprint density at radius 1 is 1.09 bits per heavy atom. The predicted octanol–water partition coefficient (Wildman–Crippen LogP) is 4.88. The van der Waals surface area contributed by atoms with Crippen LogP contribution in [0.5, 0.6) is 6.01 Å². The normalized spacial score (nSPS) is 20.7. The summed E-state index contributed by atoms with van der Waals surface area (Å²) in [6, 6.07) is 13.4. The summed E-state index contributed by atoms with van der Waals surface area (Å²) in [4.78, 5) is 29.9. The van der Waals surface area contributed by atoms with Gasteiger partial charge in [0.15, 0.2) is 0 Å². The Morgan fingerprint density at radius 3 is 2.57 bits per heavy atom. The van der Waals surface area contributed by atoms with Crippen molar-refractivity contribution in [1.29, 1.82) is 5.26 Å². The number of alkyl halides is 3. The molecule has 0 unspecified atom stereocenters. The number of aromatic nitrogens is 2. The number of methoxy groups -OCH3 is 1. The molecule has 46 heavy (non-hydrogen) atoms. The molecule has 2 saturated heterocycles. The fourth-order valence-electron chi connectivity index (χ4n) is 6.76. The minimum atomic E-state index is -4.46. The van der Waals surface area contributed by atoms with Crippen LogP contribution < -0.4 is 14.5 Å². The molecule has 1 amide bonds.